The van der Waals surface area contributed by atoms with Gasteiger partial charge >= 0.3 is 5.97 Å². The lowest BCUT2D eigenvalue weighted by molar-refractivity contribution is -0.138. The SMILES string of the molecule is COc1ccc(-c2cccc(C[C@H](N)C(=O)O)c2)cn1. The van der Waals surface area contributed by atoms with Gasteiger partial charge in [-0.3, -0.25) is 4.79 Å². The fourth-order valence-electron chi connectivity index (χ4n) is 1.89. The van der Waals surface area contributed by atoms with Crippen LogP contribution < -0.4 is 10.5 Å². The van der Waals surface area contributed by atoms with Gasteiger partial charge in [0.05, 0.1) is 7.11 Å². The van der Waals surface area contributed by atoms with Gasteiger partial charge in [-0.15, -0.1) is 0 Å². The Balaban J connectivity index is 2.22. The van der Waals surface area contributed by atoms with Crippen LogP contribution in [0, 0.1) is 0 Å². The number of aliphatic carboxylic acids is 1. The zero-order valence-corrected chi connectivity index (χ0v) is 11.1. The second-order valence-electron chi connectivity index (χ2n) is 4.44. The topological polar surface area (TPSA) is 85.4 Å². The predicted octanol–water partition coefficient (Wildman–Crippen LogP) is 1.71. The number of nitrogens with two attached hydrogens (primary N) is 1. The summed E-state index contributed by atoms with van der Waals surface area (Å²) < 4.78 is 5.01. The molecule has 0 spiro atoms. The minimum absolute atomic E-state index is 0.298. The van der Waals surface area contributed by atoms with Crippen molar-refractivity contribution in [1.82, 2.24) is 4.98 Å². The van der Waals surface area contributed by atoms with Gasteiger partial charge in [-0.25, -0.2) is 4.98 Å². The highest BCUT2D eigenvalue weighted by atomic mass is 16.5. The fourth-order valence-corrected chi connectivity index (χ4v) is 1.89. The number of aromatic nitrogens is 1. The summed E-state index contributed by atoms with van der Waals surface area (Å²) in [6, 6.07) is 10.4. The van der Waals surface area contributed by atoms with Crippen LogP contribution in [0.25, 0.3) is 11.1 Å². The van der Waals surface area contributed by atoms with Gasteiger partial charge in [-0.1, -0.05) is 24.3 Å². The third-order valence-electron chi connectivity index (χ3n) is 2.98. The zero-order chi connectivity index (χ0) is 14.5. The maximum Gasteiger partial charge on any atom is 0.320 e. The molecule has 1 aromatic carbocycles. The number of carbonyl (C=O) groups is 1. The second-order valence-corrected chi connectivity index (χ2v) is 4.44. The average Bonchev–Trinajstić information content (AvgIpc) is 2.47. The minimum Gasteiger partial charge on any atom is -0.481 e. The van der Waals surface area contributed by atoms with Gasteiger partial charge in [0.1, 0.15) is 6.04 Å². The van der Waals surface area contributed by atoms with Crippen LogP contribution in [0.2, 0.25) is 0 Å². The van der Waals surface area contributed by atoms with Crippen LogP contribution in [0.15, 0.2) is 42.6 Å². The molecule has 2 aromatic rings. The normalized spacial score (nSPS) is 11.9. The van der Waals surface area contributed by atoms with Crippen LogP contribution >= 0.6 is 0 Å². The first-order valence-electron chi connectivity index (χ1n) is 6.18. The Morgan fingerprint density at radius 3 is 2.75 bits per heavy atom. The van der Waals surface area contributed by atoms with Crippen molar-refractivity contribution in [3.8, 4) is 17.0 Å². The van der Waals surface area contributed by atoms with Crippen molar-refractivity contribution in [2.45, 2.75) is 12.5 Å². The van der Waals surface area contributed by atoms with Crippen LogP contribution in [-0.2, 0) is 11.2 Å². The van der Waals surface area contributed by atoms with Crippen LogP contribution in [0.1, 0.15) is 5.56 Å². The van der Waals surface area contributed by atoms with E-state index < -0.39 is 12.0 Å². The standard InChI is InChI=1S/C15H16N2O3/c1-20-14-6-5-12(9-17-14)11-4-2-3-10(7-11)8-13(16)15(18)19/h2-7,9,13H,8,16H2,1H3,(H,18,19)/t13-/m0/s1. The van der Waals surface area contributed by atoms with Gasteiger partial charge in [-0.2, -0.15) is 0 Å². The van der Waals surface area contributed by atoms with Crippen LogP contribution in [0.5, 0.6) is 5.88 Å². The fraction of sp³-hybridized carbons (Fsp3) is 0.200. The Kier molecular flexibility index (Phi) is 4.32. The van der Waals surface area contributed by atoms with E-state index in [0.717, 1.165) is 16.7 Å². The predicted molar refractivity (Wildman–Crippen MR) is 75.5 cm³/mol. The van der Waals surface area contributed by atoms with Crippen molar-refractivity contribution in [3.05, 3.63) is 48.2 Å². The smallest absolute Gasteiger partial charge is 0.320 e. The number of hydrogen-bond acceptors (Lipinski definition) is 4. The highest BCUT2D eigenvalue weighted by molar-refractivity contribution is 5.73. The number of ether oxygens (including phenoxy) is 1. The van der Waals surface area contributed by atoms with Crippen molar-refractivity contribution >= 4 is 5.97 Å². The Morgan fingerprint density at radius 1 is 1.35 bits per heavy atom. The van der Waals surface area contributed by atoms with Gasteiger partial charge in [0.2, 0.25) is 5.88 Å². The maximum atomic E-state index is 10.8. The molecular formula is C15H16N2O3. The molecule has 1 heterocycles. The number of methoxy groups -OCH3 is 1. The van der Waals surface area contributed by atoms with Gasteiger partial charge < -0.3 is 15.6 Å². The Morgan fingerprint density at radius 2 is 2.15 bits per heavy atom. The molecule has 0 saturated heterocycles. The first-order valence-corrected chi connectivity index (χ1v) is 6.18. The summed E-state index contributed by atoms with van der Waals surface area (Å²) in [6.45, 7) is 0. The number of rotatable bonds is 5. The van der Waals surface area contributed by atoms with Crippen molar-refractivity contribution in [2.24, 2.45) is 5.73 Å². The number of pyridine rings is 1. The van der Waals surface area contributed by atoms with E-state index >= 15 is 0 Å². The second kappa shape index (κ2) is 6.16. The van der Waals surface area contributed by atoms with E-state index in [9.17, 15) is 4.79 Å². The number of carboxylic acids is 1. The highest BCUT2D eigenvalue weighted by Gasteiger charge is 2.12. The summed E-state index contributed by atoms with van der Waals surface area (Å²) in [5.74, 6) is -0.445. The molecule has 0 amide bonds. The van der Waals surface area contributed by atoms with E-state index in [2.05, 4.69) is 4.98 Å². The first kappa shape index (κ1) is 14.0. The lowest BCUT2D eigenvalue weighted by Crippen LogP contribution is -2.32. The summed E-state index contributed by atoms with van der Waals surface area (Å²) in [4.78, 5) is 14.9. The Hall–Kier alpha value is -2.40. The first-order chi connectivity index (χ1) is 9.60. The molecule has 1 aromatic heterocycles. The minimum atomic E-state index is -0.999. The molecule has 0 saturated carbocycles. The van der Waals surface area contributed by atoms with E-state index in [4.69, 9.17) is 15.6 Å². The summed E-state index contributed by atoms with van der Waals surface area (Å²) >= 11 is 0. The zero-order valence-electron chi connectivity index (χ0n) is 11.1. The Bertz CT molecular complexity index is 596. The quantitative estimate of drug-likeness (QED) is 0.865. The lowest BCUT2D eigenvalue weighted by atomic mass is 10.0. The van der Waals surface area contributed by atoms with Crippen LogP contribution in [-0.4, -0.2) is 29.2 Å². The molecule has 20 heavy (non-hydrogen) atoms. The van der Waals surface area contributed by atoms with Crippen molar-refractivity contribution in [2.75, 3.05) is 7.11 Å². The van der Waals surface area contributed by atoms with Crippen LogP contribution in [0.3, 0.4) is 0 Å². The van der Waals surface area contributed by atoms with Gasteiger partial charge in [-0.05, 0) is 23.6 Å². The average molecular weight is 272 g/mol. The number of nitrogens with zero attached hydrogens (tertiary/aromatic N) is 1. The highest BCUT2D eigenvalue weighted by Crippen LogP contribution is 2.21. The molecule has 0 unspecified atom stereocenters. The molecule has 3 N–H and O–H groups in total. The van der Waals surface area contributed by atoms with E-state index in [-0.39, 0.29) is 0 Å². The molecule has 0 aliphatic carbocycles. The van der Waals surface area contributed by atoms with Crippen LogP contribution in [0.4, 0.5) is 0 Å². The lowest BCUT2D eigenvalue weighted by Gasteiger charge is -2.08. The van der Waals surface area contributed by atoms with E-state index in [0.29, 0.717) is 12.3 Å². The van der Waals surface area contributed by atoms with E-state index in [1.807, 2.05) is 30.3 Å². The molecular weight excluding hydrogens is 256 g/mol. The largest absolute Gasteiger partial charge is 0.481 e. The van der Waals surface area contributed by atoms with Gasteiger partial charge in [0.15, 0.2) is 0 Å². The summed E-state index contributed by atoms with van der Waals surface area (Å²) in [6.07, 6.45) is 2.02. The molecule has 0 radical (unpaired) electrons. The van der Waals surface area contributed by atoms with Gasteiger partial charge in [0, 0.05) is 17.8 Å². The summed E-state index contributed by atoms with van der Waals surface area (Å²) in [7, 11) is 1.57. The number of benzene rings is 1. The summed E-state index contributed by atoms with van der Waals surface area (Å²) in [5, 5.41) is 8.84. The molecule has 5 nitrogen and oxygen atoms in total. The van der Waals surface area contributed by atoms with E-state index in [1.54, 1.807) is 19.4 Å². The maximum absolute atomic E-state index is 10.8. The Labute approximate surface area is 117 Å². The summed E-state index contributed by atoms with van der Waals surface area (Å²) in [5.41, 5.74) is 8.34. The molecule has 104 valence electrons. The third-order valence-corrected chi connectivity index (χ3v) is 2.98. The molecule has 0 fully saturated rings. The van der Waals surface area contributed by atoms with E-state index in [1.165, 1.54) is 0 Å². The number of carboxylic acid groups (broad SMARTS) is 1. The molecule has 0 aliphatic heterocycles. The molecule has 0 bridgehead atoms. The molecule has 2 rings (SSSR count). The molecule has 5 heteroatoms. The van der Waals surface area contributed by atoms with Crippen molar-refractivity contribution in [1.29, 1.82) is 0 Å². The third kappa shape index (κ3) is 3.33. The molecule has 0 aliphatic rings. The van der Waals surface area contributed by atoms with Gasteiger partial charge in [0.25, 0.3) is 0 Å². The van der Waals surface area contributed by atoms with Crippen molar-refractivity contribution in [3.63, 3.8) is 0 Å². The number of hydrogen-bond donors (Lipinski definition) is 2. The monoisotopic (exact) mass is 272 g/mol. The molecule has 1 atom stereocenters. The van der Waals surface area contributed by atoms with Crippen molar-refractivity contribution < 1.29 is 14.6 Å².